The Balaban J connectivity index is 2.61. The van der Waals surface area contributed by atoms with Gasteiger partial charge >= 0.3 is 5.97 Å². The summed E-state index contributed by atoms with van der Waals surface area (Å²) in [5, 5.41) is 18.1. The van der Waals surface area contributed by atoms with Gasteiger partial charge < -0.3 is 14.9 Å². The first-order valence-electron chi connectivity index (χ1n) is 5.33. The molecular weight excluding hydrogens is 222 g/mol. The van der Waals surface area contributed by atoms with Gasteiger partial charge in [-0.2, -0.15) is 0 Å². The molecule has 0 saturated carbocycles. The van der Waals surface area contributed by atoms with Crippen LogP contribution < -0.4 is 0 Å². The highest BCUT2D eigenvalue weighted by Crippen LogP contribution is 2.12. The van der Waals surface area contributed by atoms with E-state index in [2.05, 4.69) is 0 Å². The van der Waals surface area contributed by atoms with Gasteiger partial charge in [0.2, 0.25) is 0 Å². The van der Waals surface area contributed by atoms with Crippen molar-refractivity contribution in [2.75, 3.05) is 26.8 Å². The monoisotopic (exact) mass is 239 g/mol. The molecule has 0 aliphatic heterocycles. The Morgan fingerprint density at radius 3 is 2.82 bits per heavy atom. The molecule has 0 radical (unpaired) electrons. The Morgan fingerprint density at radius 1 is 1.47 bits per heavy atom. The third-order valence-corrected chi connectivity index (χ3v) is 2.29. The van der Waals surface area contributed by atoms with Gasteiger partial charge in [0.15, 0.2) is 0 Å². The molecule has 0 aromatic heterocycles. The van der Waals surface area contributed by atoms with Crippen LogP contribution in [0.1, 0.15) is 5.56 Å². The van der Waals surface area contributed by atoms with Crippen LogP contribution in [-0.4, -0.2) is 47.9 Å². The SMILES string of the molecule is COCCN(CC(=O)O)Cc1cccc(O)c1. The van der Waals surface area contributed by atoms with Crippen molar-refractivity contribution >= 4 is 5.97 Å². The van der Waals surface area contributed by atoms with Gasteiger partial charge in [-0.05, 0) is 17.7 Å². The van der Waals surface area contributed by atoms with Crippen LogP contribution in [0.3, 0.4) is 0 Å². The number of nitrogens with zero attached hydrogens (tertiary/aromatic N) is 1. The Bertz CT molecular complexity index is 367. The number of carbonyl (C=O) groups is 1. The molecule has 0 heterocycles. The van der Waals surface area contributed by atoms with Gasteiger partial charge in [0, 0.05) is 20.2 Å². The molecule has 0 spiro atoms. The van der Waals surface area contributed by atoms with Crippen molar-refractivity contribution in [3.63, 3.8) is 0 Å². The first kappa shape index (κ1) is 13.5. The lowest BCUT2D eigenvalue weighted by Gasteiger charge is -2.19. The highest BCUT2D eigenvalue weighted by atomic mass is 16.5. The number of phenolic OH excluding ortho intramolecular Hbond substituents is 1. The summed E-state index contributed by atoms with van der Waals surface area (Å²) in [5.41, 5.74) is 0.877. The quantitative estimate of drug-likeness (QED) is 0.740. The van der Waals surface area contributed by atoms with Crippen LogP contribution in [-0.2, 0) is 16.1 Å². The number of ether oxygens (including phenoxy) is 1. The molecule has 0 bridgehead atoms. The van der Waals surface area contributed by atoms with Crippen LogP contribution in [0.25, 0.3) is 0 Å². The van der Waals surface area contributed by atoms with Gasteiger partial charge in [0.25, 0.3) is 0 Å². The second-order valence-electron chi connectivity index (χ2n) is 3.77. The van der Waals surface area contributed by atoms with E-state index in [-0.39, 0.29) is 12.3 Å². The molecule has 0 atom stereocenters. The number of aliphatic carboxylic acids is 1. The predicted octanol–water partition coefficient (Wildman–Crippen LogP) is 0.925. The third-order valence-electron chi connectivity index (χ3n) is 2.29. The zero-order chi connectivity index (χ0) is 12.7. The lowest BCUT2D eigenvalue weighted by Crippen LogP contribution is -2.32. The lowest BCUT2D eigenvalue weighted by atomic mass is 10.2. The molecule has 1 aromatic rings. The van der Waals surface area contributed by atoms with Crippen molar-refractivity contribution < 1.29 is 19.7 Å². The van der Waals surface area contributed by atoms with Gasteiger partial charge in [-0.1, -0.05) is 12.1 Å². The summed E-state index contributed by atoms with van der Waals surface area (Å²) >= 11 is 0. The zero-order valence-electron chi connectivity index (χ0n) is 9.80. The van der Waals surface area contributed by atoms with Crippen LogP contribution in [0, 0.1) is 0 Å². The van der Waals surface area contributed by atoms with Crippen molar-refractivity contribution in [1.82, 2.24) is 4.90 Å². The molecule has 1 rings (SSSR count). The van der Waals surface area contributed by atoms with Gasteiger partial charge in [-0.15, -0.1) is 0 Å². The minimum Gasteiger partial charge on any atom is -0.508 e. The van der Waals surface area contributed by atoms with Gasteiger partial charge in [0.1, 0.15) is 5.75 Å². The molecular formula is C12H17NO4. The van der Waals surface area contributed by atoms with Crippen molar-refractivity contribution in [3.05, 3.63) is 29.8 Å². The van der Waals surface area contributed by atoms with Crippen LogP contribution in [0.5, 0.6) is 5.75 Å². The highest BCUT2D eigenvalue weighted by molar-refractivity contribution is 5.69. The standard InChI is InChI=1S/C12H17NO4/c1-17-6-5-13(9-12(15)16)8-10-3-2-4-11(14)7-10/h2-4,7,14H,5-6,8-9H2,1H3,(H,15,16). The van der Waals surface area contributed by atoms with E-state index < -0.39 is 5.97 Å². The van der Waals surface area contributed by atoms with E-state index in [1.54, 1.807) is 30.2 Å². The fourth-order valence-corrected chi connectivity index (χ4v) is 1.54. The molecule has 0 aliphatic rings. The second-order valence-corrected chi connectivity index (χ2v) is 3.77. The molecule has 94 valence electrons. The molecule has 0 saturated heterocycles. The number of phenols is 1. The van der Waals surface area contributed by atoms with Crippen LogP contribution in [0.4, 0.5) is 0 Å². The molecule has 17 heavy (non-hydrogen) atoms. The van der Waals surface area contributed by atoms with Crippen LogP contribution in [0.15, 0.2) is 24.3 Å². The number of hydrogen-bond acceptors (Lipinski definition) is 4. The lowest BCUT2D eigenvalue weighted by molar-refractivity contribution is -0.138. The van der Waals surface area contributed by atoms with Crippen molar-refractivity contribution in [2.45, 2.75) is 6.54 Å². The smallest absolute Gasteiger partial charge is 0.317 e. The Kier molecular flexibility index (Phi) is 5.45. The Hall–Kier alpha value is -1.59. The maximum atomic E-state index is 10.7. The summed E-state index contributed by atoms with van der Waals surface area (Å²) in [6, 6.07) is 6.79. The number of hydrogen-bond donors (Lipinski definition) is 2. The summed E-state index contributed by atoms with van der Waals surface area (Å²) in [6.07, 6.45) is 0. The fraction of sp³-hybridized carbons (Fsp3) is 0.417. The topological polar surface area (TPSA) is 70.0 Å². The largest absolute Gasteiger partial charge is 0.508 e. The van der Waals surface area contributed by atoms with E-state index in [4.69, 9.17) is 9.84 Å². The summed E-state index contributed by atoms with van der Waals surface area (Å²) in [6.45, 7) is 1.45. The molecule has 0 aliphatic carbocycles. The van der Waals surface area contributed by atoms with Gasteiger partial charge in [0.05, 0.1) is 13.2 Å². The number of carboxylic acid groups (broad SMARTS) is 1. The van der Waals surface area contributed by atoms with Crippen LogP contribution in [0.2, 0.25) is 0 Å². The maximum Gasteiger partial charge on any atom is 0.317 e. The normalized spacial score (nSPS) is 10.7. The summed E-state index contributed by atoms with van der Waals surface area (Å²) in [4.78, 5) is 12.4. The Labute approximate surface area is 100 Å². The van der Waals surface area contributed by atoms with Gasteiger partial charge in [-0.25, -0.2) is 0 Å². The number of benzene rings is 1. The first-order valence-corrected chi connectivity index (χ1v) is 5.33. The molecule has 5 nitrogen and oxygen atoms in total. The number of carboxylic acids is 1. The Morgan fingerprint density at radius 2 is 2.24 bits per heavy atom. The third kappa shape index (κ3) is 5.33. The molecule has 0 unspecified atom stereocenters. The molecule has 5 heteroatoms. The number of methoxy groups -OCH3 is 1. The van der Waals surface area contributed by atoms with E-state index in [1.807, 2.05) is 6.07 Å². The zero-order valence-corrected chi connectivity index (χ0v) is 9.80. The second kappa shape index (κ2) is 6.88. The maximum absolute atomic E-state index is 10.7. The van der Waals surface area contributed by atoms with Crippen molar-refractivity contribution in [2.24, 2.45) is 0 Å². The van der Waals surface area contributed by atoms with Gasteiger partial charge in [-0.3, -0.25) is 9.69 Å². The van der Waals surface area contributed by atoms with E-state index in [0.29, 0.717) is 19.7 Å². The average molecular weight is 239 g/mol. The molecule has 2 N–H and O–H groups in total. The molecule has 1 aromatic carbocycles. The summed E-state index contributed by atoms with van der Waals surface area (Å²) in [5.74, 6) is -0.689. The van der Waals surface area contributed by atoms with E-state index in [0.717, 1.165) is 5.56 Å². The van der Waals surface area contributed by atoms with Crippen LogP contribution >= 0.6 is 0 Å². The van der Waals surface area contributed by atoms with E-state index >= 15 is 0 Å². The van der Waals surface area contributed by atoms with Crippen molar-refractivity contribution in [1.29, 1.82) is 0 Å². The first-order chi connectivity index (χ1) is 8.11. The number of aromatic hydroxyl groups is 1. The molecule has 0 amide bonds. The molecule has 0 fully saturated rings. The summed E-state index contributed by atoms with van der Waals surface area (Å²) < 4.78 is 4.93. The van der Waals surface area contributed by atoms with Crippen molar-refractivity contribution in [3.8, 4) is 5.75 Å². The number of rotatable bonds is 7. The average Bonchev–Trinajstić information content (AvgIpc) is 2.25. The fourth-order valence-electron chi connectivity index (χ4n) is 1.54. The van der Waals surface area contributed by atoms with E-state index in [1.165, 1.54) is 0 Å². The summed E-state index contributed by atoms with van der Waals surface area (Å²) in [7, 11) is 1.58. The minimum absolute atomic E-state index is 0.0426. The highest BCUT2D eigenvalue weighted by Gasteiger charge is 2.10. The minimum atomic E-state index is -0.874. The van der Waals surface area contributed by atoms with E-state index in [9.17, 15) is 9.90 Å². The predicted molar refractivity (Wildman–Crippen MR) is 62.9 cm³/mol.